The third-order valence-electron chi connectivity index (χ3n) is 5.30. The summed E-state index contributed by atoms with van der Waals surface area (Å²) in [7, 11) is 1.43. The molecule has 1 aliphatic heterocycles. The molecule has 28 heavy (non-hydrogen) atoms. The zero-order valence-corrected chi connectivity index (χ0v) is 15.5. The van der Waals surface area contributed by atoms with Crippen molar-refractivity contribution in [2.24, 2.45) is 0 Å². The summed E-state index contributed by atoms with van der Waals surface area (Å²) in [6.45, 7) is 0.258. The molecule has 5 nitrogen and oxygen atoms in total. The van der Waals surface area contributed by atoms with Crippen molar-refractivity contribution in [3.63, 3.8) is 0 Å². The Balaban J connectivity index is 1.69. The second kappa shape index (κ2) is 6.68. The number of nitrogens with zero attached hydrogens (tertiary/aromatic N) is 1. The number of allylic oxidation sites excluding steroid dienone is 1. The minimum absolute atomic E-state index is 0.258. The first-order chi connectivity index (χ1) is 13.7. The van der Waals surface area contributed by atoms with Crippen LogP contribution < -0.4 is 9.47 Å². The van der Waals surface area contributed by atoms with E-state index in [1.807, 2.05) is 42.5 Å². The van der Waals surface area contributed by atoms with Gasteiger partial charge in [-0.05, 0) is 60.2 Å². The fourth-order valence-electron chi connectivity index (χ4n) is 4.01. The summed E-state index contributed by atoms with van der Waals surface area (Å²) in [4.78, 5) is 17.5. The molecule has 0 fully saturated rings. The maximum atomic E-state index is 12.6. The predicted molar refractivity (Wildman–Crippen MR) is 106 cm³/mol. The number of carbonyl (C=O) groups excluding carboxylic acids is 1. The Labute approximate surface area is 162 Å². The van der Waals surface area contributed by atoms with Crippen molar-refractivity contribution >= 4 is 28.5 Å². The van der Waals surface area contributed by atoms with Gasteiger partial charge in [-0.3, -0.25) is 0 Å². The maximum Gasteiger partial charge on any atom is 0.338 e. The van der Waals surface area contributed by atoms with Crippen molar-refractivity contribution in [3.8, 4) is 11.5 Å². The van der Waals surface area contributed by atoms with Gasteiger partial charge in [-0.15, -0.1) is 0 Å². The first-order valence-corrected chi connectivity index (χ1v) is 9.35. The van der Waals surface area contributed by atoms with Crippen LogP contribution in [0.1, 0.15) is 40.0 Å². The van der Waals surface area contributed by atoms with Gasteiger partial charge in [0.1, 0.15) is 0 Å². The minimum atomic E-state index is -0.306. The lowest BCUT2D eigenvalue weighted by Gasteiger charge is -2.22. The van der Waals surface area contributed by atoms with E-state index in [1.54, 1.807) is 0 Å². The van der Waals surface area contributed by atoms with E-state index in [1.165, 1.54) is 7.11 Å². The molecule has 0 N–H and O–H groups in total. The lowest BCUT2D eigenvalue weighted by molar-refractivity contribution is 0.0601. The monoisotopic (exact) mass is 373 g/mol. The van der Waals surface area contributed by atoms with Gasteiger partial charge in [0.15, 0.2) is 11.5 Å². The molecule has 3 aromatic rings. The second-order valence-corrected chi connectivity index (χ2v) is 6.96. The number of carbonyl (C=O) groups is 1. The Kier molecular flexibility index (Phi) is 4.01. The van der Waals surface area contributed by atoms with Crippen molar-refractivity contribution in [2.75, 3.05) is 13.9 Å². The van der Waals surface area contributed by atoms with E-state index in [2.05, 4.69) is 6.08 Å². The van der Waals surface area contributed by atoms with Crippen LogP contribution in [-0.4, -0.2) is 24.9 Å². The quantitative estimate of drug-likeness (QED) is 0.613. The molecule has 1 aliphatic carbocycles. The fraction of sp³-hybridized carbons (Fsp3) is 0.217. The number of esters is 1. The number of pyridine rings is 1. The molecule has 0 unspecified atom stereocenters. The summed E-state index contributed by atoms with van der Waals surface area (Å²) in [6.07, 6.45) is 4.82. The summed E-state index contributed by atoms with van der Waals surface area (Å²) in [5.41, 5.74) is 5.46. The SMILES string of the molecule is COC(=O)c1c2c(nc3ccccc13)/C(=C/c1ccc3c(c1)OCO3)CCC2. The van der Waals surface area contributed by atoms with E-state index < -0.39 is 0 Å². The molecule has 0 amide bonds. The number of rotatable bonds is 2. The lowest BCUT2D eigenvalue weighted by Crippen LogP contribution is -2.14. The van der Waals surface area contributed by atoms with Gasteiger partial charge in [-0.1, -0.05) is 24.3 Å². The van der Waals surface area contributed by atoms with E-state index >= 15 is 0 Å². The van der Waals surface area contributed by atoms with Crippen LogP contribution in [0.5, 0.6) is 11.5 Å². The van der Waals surface area contributed by atoms with E-state index in [9.17, 15) is 4.79 Å². The normalized spacial score (nSPS) is 16.2. The molecule has 5 heteroatoms. The zero-order valence-electron chi connectivity index (χ0n) is 15.5. The van der Waals surface area contributed by atoms with E-state index in [4.69, 9.17) is 19.2 Å². The highest BCUT2D eigenvalue weighted by Gasteiger charge is 2.25. The molecule has 0 saturated carbocycles. The van der Waals surface area contributed by atoms with Crippen LogP contribution in [0, 0.1) is 0 Å². The molecule has 0 radical (unpaired) electrons. The molecule has 2 aliphatic rings. The zero-order chi connectivity index (χ0) is 19.1. The van der Waals surface area contributed by atoms with E-state index in [0.29, 0.717) is 5.56 Å². The van der Waals surface area contributed by atoms with Gasteiger partial charge in [0.2, 0.25) is 6.79 Å². The second-order valence-electron chi connectivity index (χ2n) is 6.96. The topological polar surface area (TPSA) is 57.7 Å². The molecule has 1 aromatic heterocycles. The standard InChI is InChI=1S/C23H19NO4/c1-26-23(25)21-16-6-2-3-8-18(16)24-22-15(5-4-7-17(21)22)11-14-9-10-19-20(12-14)28-13-27-19/h2-3,6,8-12H,4-5,7,13H2,1H3/b15-11+. The summed E-state index contributed by atoms with van der Waals surface area (Å²) >= 11 is 0. The highest BCUT2D eigenvalue weighted by molar-refractivity contribution is 6.06. The van der Waals surface area contributed by atoms with Crippen molar-refractivity contribution in [3.05, 3.63) is 64.8 Å². The van der Waals surface area contributed by atoms with E-state index in [0.717, 1.165) is 64.1 Å². The minimum Gasteiger partial charge on any atom is -0.465 e. The molecular weight excluding hydrogens is 354 g/mol. The number of aromatic nitrogens is 1. The number of benzene rings is 2. The lowest BCUT2D eigenvalue weighted by atomic mass is 9.86. The van der Waals surface area contributed by atoms with Crippen molar-refractivity contribution in [1.82, 2.24) is 4.98 Å². The number of hydrogen-bond acceptors (Lipinski definition) is 5. The highest BCUT2D eigenvalue weighted by Crippen LogP contribution is 2.38. The number of hydrogen-bond donors (Lipinski definition) is 0. The van der Waals surface area contributed by atoms with Crippen LogP contribution >= 0.6 is 0 Å². The van der Waals surface area contributed by atoms with Gasteiger partial charge >= 0.3 is 5.97 Å². The van der Waals surface area contributed by atoms with Gasteiger partial charge in [-0.2, -0.15) is 0 Å². The predicted octanol–water partition coefficient (Wildman–Crippen LogP) is 4.63. The number of fused-ring (bicyclic) bond motifs is 3. The highest BCUT2D eigenvalue weighted by atomic mass is 16.7. The smallest absolute Gasteiger partial charge is 0.338 e. The average Bonchev–Trinajstić information content (AvgIpc) is 3.20. The fourth-order valence-corrected chi connectivity index (χ4v) is 4.01. The van der Waals surface area contributed by atoms with Gasteiger partial charge in [-0.25, -0.2) is 9.78 Å². The number of para-hydroxylation sites is 1. The Morgan fingerprint density at radius 2 is 1.96 bits per heavy atom. The summed E-state index contributed by atoms with van der Waals surface area (Å²) in [6, 6.07) is 13.6. The van der Waals surface area contributed by atoms with Gasteiger partial charge in [0.25, 0.3) is 0 Å². The van der Waals surface area contributed by atoms with Gasteiger partial charge in [0, 0.05) is 5.39 Å². The third kappa shape index (κ3) is 2.71. The van der Waals surface area contributed by atoms with Crippen LogP contribution in [-0.2, 0) is 11.2 Å². The molecule has 5 rings (SSSR count). The number of methoxy groups -OCH3 is 1. The molecule has 140 valence electrons. The average molecular weight is 373 g/mol. The van der Waals surface area contributed by atoms with Gasteiger partial charge in [0.05, 0.1) is 23.9 Å². The first kappa shape index (κ1) is 16.8. The van der Waals surface area contributed by atoms with Crippen molar-refractivity contribution in [1.29, 1.82) is 0 Å². The maximum absolute atomic E-state index is 12.6. The summed E-state index contributed by atoms with van der Waals surface area (Å²) in [5.74, 6) is 1.22. The summed E-state index contributed by atoms with van der Waals surface area (Å²) in [5, 5.41) is 0.845. The number of ether oxygens (including phenoxy) is 3. The van der Waals surface area contributed by atoms with Crippen LogP contribution in [0.2, 0.25) is 0 Å². The molecule has 2 aromatic carbocycles. The molecular formula is C23H19NO4. The molecule has 0 saturated heterocycles. The molecule has 2 heterocycles. The molecule has 0 bridgehead atoms. The van der Waals surface area contributed by atoms with E-state index in [-0.39, 0.29) is 12.8 Å². The Morgan fingerprint density at radius 1 is 1.11 bits per heavy atom. The van der Waals surface area contributed by atoms with Crippen LogP contribution in [0.4, 0.5) is 0 Å². The van der Waals surface area contributed by atoms with Crippen molar-refractivity contribution in [2.45, 2.75) is 19.3 Å². The van der Waals surface area contributed by atoms with Gasteiger partial charge < -0.3 is 14.2 Å². The first-order valence-electron chi connectivity index (χ1n) is 9.35. The van der Waals surface area contributed by atoms with Crippen LogP contribution in [0.15, 0.2) is 42.5 Å². The van der Waals surface area contributed by atoms with Crippen LogP contribution in [0.25, 0.3) is 22.6 Å². The Bertz CT molecular complexity index is 1130. The van der Waals surface area contributed by atoms with Crippen LogP contribution in [0.3, 0.4) is 0 Å². The Hall–Kier alpha value is -3.34. The largest absolute Gasteiger partial charge is 0.465 e. The molecule has 0 spiro atoms. The summed E-state index contributed by atoms with van der Waals surface area (Å²) < 4.78 is 16.0. The Morgan fingerprint density at radius 3 is 2.86 bits per heavy atom. The third-order valence-corrected chi connectivity index (χ3v) is 5.30. The van der Waals surface area contributed by atoms with Crippen molar-refractivity contribution < 1.29 is 19.0 Å². The molecule has 0 atom stereocenters.